The highest BCUT2D eigenvalue weighted by atomic mass is 16.2. The first kappa shape index (κ1) is 14.9. The van der Waals surface area contributed by atoms with Crippen molar-refractivity contribution < 1.29 is 4.79 Å². The zero-order valence-electron chi connectivity index (χ0n) is 13.7. The Kier molecular flexibility index (Phi) is 4.04. The SMILES string of the molecule is O=C(CCc1cccc2ccccc12)N1CCCc2ccccc21. The number of hydrogen-bond donors (Lipinski definition) is 0. The van der Waals surface area contributed by atoms with Gasteiger partial charge in [-0.1, -0.05) is 60.7 Å². The molecule has 0 fully saturated rings. The Balaban J connectivity index is 1.53. The monoisotopic (exact) mass is 315 g/mol. The molecule has 3 aromatic rings. The van der Waals surface area contributed by atoms with Gasteiger partial charge in [-0.05, 0) is 47.2 Å². The van der Waals surface area contributed by atoms with Crippen molar-refractivity contribution in [3.05, 3.63) is 77.9 Å². The highest BCUT2D eigenvalue weighted by Gasteiger charge is 2.21. The van der Waals surface area contributed by atoms with Gasteiger partial charge in [0.25, 0.3) is 0 Å². The molecular weight excluding hydrogens is 294 g/mol. The van der Waals surface area contributed by atoms with Crippen LogP contribution in [0, 0.1) is 0 Å². The number of para-hydroxylation sites is 1. The van der Waals surface area contributed by atoms with E-state index >= 15 is 0 Å². The fourth-order valence-electron chi connectivity index (χ4n) is 3.68. The van der Waals surface area contributed by atoms with E-state index < -0.39 is 0 Å². The Morgan fingerprint density at radius 1 is 0.917 bits per heavy atom. The summed E-state index contributed by atoms with van der Waals surface area (Å²) >= 11 is 0. The minimum Gasteiger partial charge on any atom is -0.312 e. The van der Waals surface area contributed by atoms with E-state index in [2.05, 4.69) is 60.7 Å². The molecule has 0 N–H and O–H groups in total. The van der Waals surface area contributed by atoms with Gasteiger partial charge in [0.05, 0.1) is 0 Å². The van der Waals surface area contributed by atoms with Crippen molar-refractivity contribution in [1.29, 1.82) is 0 Å². The summed E-state index contributed by atoms with van der Waals surface area (Å²) in [4.78, 5) is 14.8. The van der Waals surface area contributed by atoms with Crippen molar-refractivity contribution in [2.75, 3.05) is 11.4 Å². The average molecular weight is 315 g/mol. The lowest BCUT2D eigenvalue weighted by atomic mass is 9.99. The summed E-state index contributed by atoms with van der Waals surface area (Å²) in [7, 11) is 0. The maximum Gasteiger partial charge on any atom is 0.227 e. The number of hydrogen-bond acceptors (Lipinski definition) is 1. The van der Waals surface area contributed by atoms with E-state index in [-0.39, 0.29) is 5.91 Å². The molecule has 120 valence electrons. The second-order valence-corrected chi connectivity index (χ2v) is 6.42. The molecule has 3 aromatic carbocycles. The van der Waals surface area contributed by atoms with Gasteiger partial charge in [0.1, 0.15) is 0 Å². The van der Waals surface area contributed by atoms with Crippen molar-refractivity contribution in [3.8, 4) is 0 Å². The van der Waals surface area contributed by atoms with Gasteiger partial charge in [0.15, 0.2) is 0 Å². The van der Waals surface area contributed by atoms with Gasteiger partial charge in [-0.15, -0.1) is 0 Å². The van der Waals surface area contributed by atoms with Crippen LogP contribution in [0.1, 0.15) is 24.0 Å². The summed E-state index contributed by atoms with van der Waals surface area (Å²) in [6, 6.07) is 23.0. The van der Waals surface area contributed by atoms with Crippen LogP contribution in [-0.2, 0) is 17.6 Å². The molecule has 0 spiro atoms. The number of benzene rings is 3. The predicted molar refractivity (Wildman–Crippen MR) is 99.4 cm³/mol. The molecule has 2 nitrogen and oxygen atoms in total. The molecule has 0 aliphatic carbocycles. The van der Waals surface area contributed by atoms with Crippen LogP contribution in [0.2, 0.25) is 0 Å². The number of carbonyl (C=O) groups excluding carboxylic acids is 1. The van der Waals surface area contributed by atoms with E-state index in [1.807, 2.05) is 11.0 Å². The smallest absolute Gasteiger partial charge is 0.227 e. The summed E-state index contributed by atoms with van der Waals surface area (Å²) in [6.07, 6.45) is 3.47. The number of fused-ring (bicyclic) bond motifs is 2. The molecule has 1 aliphatic heterocycles. The molecule has 4 rings (SSSR count). The Hall–Kier alpha value is -2.61. The Labute approximate surface area is 142 Å². The molecule has 2 heteroatoms. The molecule has 1 heterocycles. The zero-order chi connectivity index (χ0) is 16.4. The number of nitrogens with zero attached hydrogens (tertiary/aromatic N) is 1. The normalized spacial score (nSPS) is 13.8. The number of carbonyl (C=O) groups is 1. The number of amides is 1. The number of aryl methyl sites for hydroxylation is 2. The summed E-state index contributed by atoms with van der Waals surface area (Å²) in [5.74, 6) is 0.232. The van der Waals surface area contributed by atoms with Gasteiger partial charge in [-0.2, -0.15) is 0 Å². The average Bonchev–Trinajstić information content (AvgIpc) is 2.65. The van der Waals surface area contributed by atoms with E-state index in [9.17, 15) is 4.79 Å². The molecule has 0 saturated heterocycles. The summed E-state index contributed by atoms with van der Waals surface area (Å²) in [6.45, 7) is 0.839. The molecule has 0 atom stereocenters. The molecule has 0 radical (unpaired) electrons. The highest BCUT2D eigenvalue weighted by molar-refractivity contribution is 5.95. The van der Waals surface area contributed by atoms with Crippen LogP contribution in [0.4, 0.5) is 5.69 Å². The topological polar surface area (TPSA) is 20.3 Å². The quantitative estimate of drug-likeness (QED) is 0.683. The third-order valence-electron chi connectivity index (χ3n) is 4.90. The summed E-state index contributed by atoms with van der Waals surface area (Å²) < 4.78 is 0. The lowest BCUT2D eigenvalue weighted by Gasteiger charge is -2.29. The highest BCUT2D eigenvalue weighted by Crippen LogP contribution is 2.28. The van der Waals surface area contributed by atoms with Crippen molar-refractivity contribution in [2.45, 2.75) is 25.7 Å². The van der Waals surface area contributed by atoms with E-state index in [1.165, 1.54) is 21.9 Å². The molecule has 0 saturated carbocycles. The first-order valence-corrected chi connectivity index (χ1v) is 8.68. The standard InChI is InChI=1S/C22H21NO/c24-22(23-16-6-11-19-8-2-4-13-21(19)23)15-14-18-10-5-9-17-7-1-3-12-20(17)18/h1-5,7-10,12-13H,6,11,14-16H2. The minimum absolute atomic E-state index is 0.232. The largest absolute Gasteiger partial charge is 0.312 e. The van der Waals surface area contributed by atoms with Crippen LogP contribution in [0.15, 0.2) is 66.7 Å². The predicted octanol–water partition coefficient (Wildman–Crippen LogP) is 4.75. The van der Waals surface area contributed by atoms with Crippen LogP contribution in [0.3, 0.4) is 0 Å². The van der Waals surface area contributed by atoms with Crippen LogP contribution in [0.25, 0.3) is 10.8 Å². The second-order valence-electron chi connectivity index (χ2n) is 6.42. The van der Waals surface area contributed by atoms with Crippen LogP contribution in [0.5, 0.6) is 0 Å². The first-order valence-electron chi connectivity index (χ1n) is 8.68. The molecule has 0 unspecified atom stereocenters. The van der Waals surface area contributed by atoms with Gasteiger partial charge in [-0.3, -0.25) is 4.79 Å². The van der Waals surface area contributed by atoms with Gasteiger partial charge in [0, 0.05) is 18.7 Å². The third-order valence-corrected chi connectivity index (χ3v) is 4.90. The van der Waals surface area contributed by atoms with Crippen LogP contribution >= 0.6 is 0 Å². The fraction of sp³-hybridized carbons (Fsp3) is 0.227. The second kappa shape index (κ2) is 6.48. The first-order chi connectivity index (χ1) is 11.8. The number of anilines is 1. The van der Waals surface area contributed by atoms with Crippen molar-refractivity contribution in [2.24, 2.45) is 0 Å². The van der Waals surface area contributed by atoms with Gasteiger partial charge < -0.3 is 4.90 Å². The van der Waals surface area contributed by atoms with Gasteiger partial charge in [-0.25, -0.2) is 0 Å². The van der Waals surface area contributed by atoms with E-state index in [0.717, 1.165) is 31.5 Å². The molecule has 0 bridgehead atoms. The Morgan fingerprint density at radius 2 is 1.71 bits per heavy atom. The van der Waals surface area contributed by atoms with E-state index in [0.29, 0.717) is 6.42 Å². The van der Waals surface area contributed by atoms with Gasteiger partial charge in [0.2, 0.25) is 5.91 Å². The summed E-state index contributed by atoms with van der Waals surface area (Å²) in [5.41, 5.74) is 3.65. The molecule has 24 heavy (non-hydrogen) atoms. The lowest BCUT2D eigenvalue weighted by molar-refractivity contribution is -0.118. The Bertz CT molecular complexity index is 879. The molecule has 1 aliphatic rings. The molecule has 0 aromatic heterocycles. The van der Waals surface area contributed by atoms with E-state index in [1.54, 1.807) is 0 Å². The molecular formula is C22H21NO. The van der Waals surface area contributed by atoms with Crippen molar-refractivity contribution in [1.82, 2.24) is 0 Å². The number of rotatable bonds is 3. The lowest BCUT2D eigenvalue weighted by Crippen LogP contribution is -2.35. The molecule has 1 amide bonds. The summed E-state index contributed by atoms with van der Waals surface area (Å²) in [5, 5.41) is 2.50. The van der Waals surface area contributed by atoms with Crippen molar-refractivity contribution in [3.63, 3.8) is 0 Å². The third kappa shape index (κ3) is 2.80. The minimum atomic E-state index is 0.232. The van der Waals surface area contributed by atoms with Crippen LogP contribution in [-0.4, -0.2) is 12.5 Å². The maximum absolute atomic E-state index is 12.8. The Morgan fingerprint density at radius 3 is 2.67 bits per heavy atom. The van der Waals surface area contributed by atoms with Crippen molar-refractivity contribution >= 4 is 22.4 Å². The maximum atomic E-state index is 12.8. The van der Waals surface area contributed by atoms with E-state index in [4.69, 9.17) is 0 Å². The van der Waals surface area contributed by atoms with Crippen LogP contribution < -0.4 is 4.90 Å². The fourth-order valence-corrected chi connectivity index (χ4v) is 3.68. The zero-order valence-corrected chi connectivity index (χ0v) is 13.7. The van der Waals surface area contributed by atoms with Gasteiger partial charge >= 0.3 is 0 Å².